The molecular formula is C16H23N3O. The van der Waals surface area contributed by atoms with Crippen LogP contribution in [0.5, 0.6) is 5.75 Å². The van der Waals surface area contributed by atoms with Crippen molar-refractivity contribution in [2.75, 3.05) is 12.4 Å². The van der Waals surface area contributed by atoms with Gasteiger partial charge in [0.05, 0.1) is 19.0 Å². The van der Waals surface area contributed by atoms with Crippen molar-refractivity contribution in [3.63, 3.8) is 0 Å². The SMILES string of the molecule is COc1c(NC(C)(C)C)c2c(c3cn[nH]c13)CCCC2. The van der Waals surface area contributed by atoms with Gasteiger partial charge in [0.1, 0.15) is 5.52 Å². The Bertz CT molecular complexity index is 637. The molecule has 108 valence electrons. The van der Waals surface area contributed by atoms with Gasteiger partial charge in [-0.1, -0.05) is 0 Å². The number of aromatic nitrogens is 2. The lowest BCUT2D eigenvalue weighted by molar-refractivity contribution is 0.418. The van der Waals surface area contributed by atoms with Crippen molar-refractivity contribution < 1.29 is 4.74 Å². The molecule has 4 heteroatoms. The van der Waals surface area contributed by atoms with Gasteiger partial charge in [-0.2, -0.15) is 5.10 Å². The number of fused-ring (bicyclic) bond motifs is 3. The van der Waals surface area contributed by atoms with Gasteiger partial charge < -0.3 is 10.1 Å². The van der Waals surface area contributed by atoms with Gasteiger partial charge >= 0.3 is 0 Å². The van der Waals surface area contributed by atoms with Crippen LogP contribution in [-0.4, -0.2) is 22.8 Å². The van der Waals surface area contributed by atoms with Crippen LogP contribution in [0.3, 0.4) is 0 Å². The molecule has 20 heavy (non-hydrogen) atoms. The zero-order valence-electron chi connectivity index (χ0n) is 12.8. The summed E-state index contributed by atoms with van der Waals surface area (Å²) in [7, 11) is 1.73. The molecule has 1 aromatic heterocycles. The molecule has 1 aliphatic carbocycles. The largest absolute Gasteiger partial charge is 0.492 e. The zero-order chi connectivity index (χ0) is 14.3. The number of ether oxygens (including phenoxy) is 1. The molecule has 3 rings (SSSR count). The number of methoxy groups -OCH3 is 1. The van der Waals surface area contributed by atoms with Crippen LogP contribution in [0.1, 0.15) is 44.7 Å². The Kier molecular flexibility index (Phi) is 3.11. The lowest BCUT2D eigenvalue weighted by atomic mass is 9.87. The summed E-state index contributed by atoms with van der Waals surface area (Å²) in [5.41, 5.74) is 5.02. The summed E-state index contributed by atoms with van der Waals surface area (Å²) in [6.45, 7) is 6.54. The summed E-state index contributed by atoms with van der Waals surface area (Å²) in [5.74, 6) is 0.896. The third-order valence-electron chi connectivity index (χ3n) is 3.89. The first-order valence-corrected chi connectivity index (χ1v) is 7.34. The molecule has 4 nitrogen and oxygen atoms in total. The number of hydrogen-bond acceptors (Lipinski definition) is 3. The molecule has 0 atom stereocenters. The average molecular weight is 273 g/mol. The Morgan fingerprint density at radius 3 is 2.55 bits per heavy atom. The van der Waals surface area contributed by atoms with E-state index in [0.717, 1.165) is 29.8 Å². The van der Waals surface area contributed by atoms with E-state index in [1.54, 1.807) is 7.11 Å². The van der Waals surface area contributed by atoms with Crippen molar-refractivity contribution in [3.8, 4) is 5.75 Å². The molecule has 0 fully saturated rings. The Morgan fingerprint density at radius 2 is 1.90 bits per heavy atom. The van der Waals surface area contributed by atoms with Crippen molar-refractivity contribution in [3.05, 3.63) is 17.3 Å². The summed E-state index contributed by atoms with van der Waals surface area (Å²) in [5, 5.41) is 12.2. The van der Waals surface area contributed by atoms with Crippen LogP contribution in [-0.2, 0) is 12.8 Å². The van der Waals surface area contributed by atoms with Gasteiger partial charge in [-0.05, 0) is 57.6 Å². The fourth-order valence-electron chi connectivity index (χ4n) is 3.14. The maximum atomic E-state index is 5.70. The van der Waals surface area contributed by atoms with Crippen LogP contribution >= 0.6 is 0 Å². The normalized spacial score (nSPS) is 15.2. The van der Waals surface area contributed by atoms with E-state index in [9.17, 15) is 0 Å². The van der Waals surface area contributed by atoms with Crippen molar-refractivity contribution in [1.82, 2.24) is 10.2 Å². The second-order valence-electron chi connectivity index (χ2n) is 6.61. The molecule has 0 radical (unpaired) electrons. The van der Waals surface area contributed by atoms with Crippen LogP contribution < -0.4 is 10.1 Å². The van der Waals surface area contributed by atoms with Crippen LogP contribution in [0.2, 0.25) is 0 Å². The number of anilines is 1. The summed E-state index contributed by atoms with van der Waals surface area (Å²) in [6, 6.07) is 0. The molecule has 0 spiro atoms. The second kappa shape index (κ2) is 4.69. The predicted octanol–water partition coefficient (Wildman–Crippen LogP) is 3.66. The molecule has 1 aromatic carbocycles. The Hall–Kier alpha value is -1.71. The molecule has 0 aliphatic heterocycles. The predicted molar refractivity (Wildman–Crippen MR) is 82.7 cm³/mol. The molecule has 1 aliphatic rings. The highest BCUT2D eigenvalue weighted by molar-refractivity contribution is 5.95. The third kappa shape index (κ3) is 2.13. The van der Waals surface area contributed by atoms with Gasteiger partial charge in [0.2, 0.25) is 0 Å². The van der Waals surface area contributed by atoms with Gasteiger partial charge in [0, 0.05) is 10.9 Å². The number of aromatic amines is 1. The molecule has 0 amide bonds. The van der Waals surface area contributed by atoms with E-state index < -0.39 is 0 Å². The smallest absolute Gasteiger partial charge is 0.167 e. The number of nitrogens with zero attached hydrogens (tertiary/aromatic N) is 1. The summed E-state index contributed by atoms with van der Waals surface area (Å²) < 4.78 is 5.70. The van der Waals surface area contributed by atoms with Gasteiger partial charge in [-0.25, -0.2) is 0 Å². The van der Waals surface area contributed by atoms with Crippen LogP contribution in [0, 0.1) is 0 Å². The highest BCUT2D eigenvalue weighted by Gasteiger charge is 2.25. The minimum absolute atomic E-state index is 0.00615. The maximum absolute atomic E-state index is 5.70. The number of H-pyrrole nitrogens is 1. The first kappa shape index (κ1) is 13.3. The van der Waals surface area contributed by atoms with E-state index in [4.69, 9.17) is 4.74 Å². The van der Waals surface area contributed by atoms with Crippen molar-refractivity contribution >= 4 is 16.6 Å². The Morgan fingerprint density at radius 1 is 1.20 bits per heavy atom. The highest BCUT2D eigenvalue weighted by atomic mass is 16.5. The van der Waals surface area contributed by atoms with E-state index in [1.165, 1.54) is 29.4 Å². The van der Waals surface area contributed by atoms with E-state index >= 15 is 0 Å². The Balaban J connectivity index is 2.29. The van der Waals surface area contributed by atoms with Crippen LogP contribution in [0.25, 0.3) is 10.9 Å². The number of nitrogens with one attached hydrogen (secondary N) is 2. The highest BCUT2D eigenvalue weighted by Crippen LogP contribution is 2.43. The fourth-order valence-corrected chi connectivity index (χ4v) is 3.14. The molecule has 1 heterocycles. The average Bonchev–Trinajstić information content (AvgIpc) is 2.87. The molecular weight excluding hydrogens is 250 g/mol. The lowest BCUT2D eigenvalue weighted by Crippen LogP contribution is -2.28. The van der Waals surface area contributed by atoms with Gasteiger partial charge in [-0.15, -0.1) is 0 Å². The summed E-state index contributed by atoms with van der Waals surface area (Å²) in [6.07, 6.45) is 6.69. The van der Waals surface area contributed by atoms with E-state index in [0.29, 0.717) is 0 Å². The molecule has 0 bridgehead atoms. The minimum Gasteiger partial charge on any atom is -0.492 e. The first-order chi connectivity index (χ1) is 9.51. The maximum Gasteiger partial charge on any atom is 0.167 e. The molecule has 2 N–H and O–H groups in total. The molecule has 0 saturated carbocycles. The van der Waals surface area contributed by atoms with Crippen molar-refractivity contribution in [2.45, 2.75) is 52.0 Å². The van der Waals surface area contributed by atoms with Crippen molar-refractivity contribution in [1.29, 1.82) is 0 Å². The fraction of sp³-hybridized carbons (Fsp3) is 0.562. The Labute approximate surface area is 119 Å². The zero-order valence-corrected chi connectivity index (χ0v) is 12.8. The van der Waals surface area contributed by atoms with Gasteiger partial charge in [0.25, 0.3) is 0 Å². The van der Waals surface area contributed by atoms with E-state index in [2.05, 4.69) is 36.3 Å². The van der Waals surface area contributed by atoms with Crippen LogP contribution in [0.15, 0.2) is 6.20 Å². The monoisotopic (exact) mass is 273 g/mol. The van der Waals surface area contributed by atoms with E-state index in [-0.39, 0.29) is 5.54 Å². The quantitative estimate of drug-likeness (QED) is 0.878. The first-order valence-electron chi connectivity index (χ1n) is 7.34. The number of hydrogen-bond donors (Lipinski definition) is 2. The van der Waals surface area contributed by atoms with Crippen LogP contribution in [0.4, 0.5) is 5.69 Å². The van der Waals surface area contributed by atoms with Crippen molar-refractivity contribution in [2.24, 2.45) is 0 Å². The van der Waals surface area contributed by atoms with Gasteiger partial charge in [0.15, 0.2) is 5.75 Å². The van der Waals surface area contributed by atoms with E-state index in [1.807, 2.05) is 6.20 Å². The number of aryl methyl sites for hydroxylation is 1. The number of benzene rings is 1. The summed E-state index contributed by atoms with van der Waals surface area (Å²) >= 11 is 0. The topological polar surface area (TPSA) is 49.9 Å². The third-order valence-corrected chi connectivity index (χ3v) is 3.89. The molecule has 0 saturated heterocycles. The molecule has 2 aromatic rings. The van der Waals surface area contributed by atoms with Gasteiger partial charge in [-0.3, -0.25) is 5.10 Å². The number of rotatable bonds is 2. The second-order valence-corrected chi connectivity index (χ2v) is 6.61. The lowest BCUT2D eigenvalue weighted by Gasteiger charge is -2.29. The minimum atomic E-state index is 0.00615. The standard InChI is InChI=1S/C16H23N3O/c1-16(2,3)18-13-11-8-6-5-7-10(11)12-9-17-19-14(12)15(13)20-4/h9,18H,5-8H2,1-4H3,(H,17,19). The molecule has 0 unspecified atom stereocenters. The summed E-state index contributed by atoms with van der Waals surface area (Å²) in [4.78, 5) is 0.